The third kappa shape index (κ3) is 2.76. The van der Waals surface area contributed by atoms with Crippen molar-refractivity contribution in [1.82, 2.24) is 4.90 Å². The Balaban J connectivity index is 1.76. The number of hydrogen-bond donors (Lipinski definition) is 1. The molecule has 2 atom stereocenters. The average Bonchev–Trinajstić information content (AvgIpc) is 2.54. The number of nitro benzene ring substituents is 1. The number of piperidine rings is 1. The SMILES string of the molecule is O=C(c1ccc(O)c([N+](=O)[O-])c1)N1CC[C@@H]2OCCC[C@H]2C1. The molecule has 1 aromatic carbocycles. The number of nitrogens with zero attached hydrogens (tertiary/aromatic N) is 2. The minimum Gasteiger partial charge on any atom is -0.502 e. The first-order chi connectivity index (χ1) is 10.6. The maximum absolute atomic E-state index is 12.5. The molecule has 3 rings (SSSR count). The van der Waals surface area contributed by atoms with E-state index < -0.39 is 16.4 Å². The number of nitro groups is 1. The van der Waals surface area contributed by atoms with E-state index >= 15 is 0 Å². The number of aromatic hydroxyl groups is 1. The predicted octanol–water partition coefficient (Wildman–Crippen LogP) is 1.94. The third-order valence-electron chi connectivity index (χ3n) is 4.42. The number of fused-ring (bicyclic) bond motifs is 1. The Kier molecular flexibility index (Phi) is 3.98. The largest absolute Gasteiger partial charge is 0.502 e. The van der Waals surface area contributed by atoms with Gasteiger partial charge in [0, 0.05) is 37.2 Å². The van der Waals surface area contributed by atoms with Crippen molar-refractivity contribution in [2.24, 2.45) is 5.92 Å². The Morgan fingerprint density at radius 2 is 2.23 bits per heavy atom. The summed E-state index contributed by atoms with van der Waals surface area (Å²) in [5.74, 6) is -0.313. The van der Waals surface area contributed by atoms with Gasteiger partial charge in [-0.05, 0) is 31.4 Å². The zero-order valence-electron chi connectivity index (χ0n) is 12.1. The van der Waals surface area contributed by atoms with Crippen LogP contribution in [0.1, 0.15) is 29.6 Å². The summed E-state index contributed by atoms with van der Waals surface area (Å²) < 4.78 is 5.72. The van der Waals surface area contributed by atoms with Gasteiger partial charge in [-0.25, -0.2) is 0 Å². The van der Waals surface area contributed by atoms with Crippen LogP contribution in [0.4, 0.5) is 5.69 Å². The van der Waals surface area contributed by atoms with Crippen molar-refractivity contribution in [3.8, 4) is 5.75 Å². The van der Waals surface area contributed by atoms with E-state index in [0.29, 0.717) is 19.0 Å². The molecule has 1 N–H and O–H groups in total. The first-order valence-electron chi connectivity index (χ1n) is 7.44. The van der Waals surface area contributed by atoms with Gasteiger partial charge < -0.3 is 14.7 Å². The second-order valence-corrected chi connectivity index (χ2v) is 5.81. The first-order valence-corrected chi connectivity index (χ1v) is 7.44. The van der Waals surface area contributed by atoms with Crippen LogP contribution in [-0.2, 0) is 4.74 Å². The second-order valence-electron chi connectivity index (χ2n) is 5.81. The highest BCUT2D eigenvalue weighted by Crippen LogP contribution is 2.31. The summed E-state index contributed by atoms with van der Waals surface area (Å²) in [6.07, 6.45) is 3.08. The zero-order valence-corrected chi connectivity index (χ0v) is 12.1. The quantitative estimate of drug-likeness (QED) is 0.666. The van der Waals surface area contributed by atoms with Gasteiger partial charge in [0.25, 0.3) is 5.91 Å². The van der Waals surface area contributed by atoms with Gasteiger partial charge in [0.2, 0.25) is 0 Å². The van der Waals surface area contributed by atoms with Crippen LogP contribution >= 0.6 is 0 Å². The van der Waals surface area contributed by atoms with E-state index in [2.05, 4.69) is 0 Å². The van der Waals surface area contributed by atoms with E-state index in [1.807, 2.05) is 0 Å². The zero-order chi connectivity index (χ0) is 15.7. The molecule has 1 amide bonds. The van der Waals surface area contributed by atoms with Gasteiger partial charge in [-0.1, -0.05) is 0 Å². The molecule has 0 aliphatic carbocycles. The fraction of sp³-hybridized carbons (Fsp3) is 0.533. The predicted molar refractivity (Wildman–Crippen MR) is 77.7 cm³/mol. The molecule has 2 heterocycles. The lowest BCUT2D eigenvalue weighted by Crippen LogP contribution is -2.48. The lowest BCUT2D eigenvalue weighted by molar-refractivity contribution is -0.385. The van der Waals surface area contributed by atoms with Gasteiger partial charge in [-0.2, -0.15) is 0 Å². The fourth-order valence-corrected chi connectivity index (χ4v) is 3.26. The molecule has 0 spiro atoms. The molecule has 0 aromatic heterocycles. The highest BCUT2D eigenvalue weighted by Gasteiger charge is 2.34. The van der Waals surface area contributed by atoms with E-state index in [-0.39, 0.29) is 17.6 Å². The fourth-order valence-electron chi connectivity index (χ4n) is 3.26. The molecule has 2 fully saturated rings. The van der Waals surface area contributed by atoms with Crippen LogP contribution in [0.2, 0.25) is 0 Å². The number of carbonyl (C=O) groups excluding carboxylic acids is 1. The number of phenols is 1. The van der Waals surface area contributed by atoms with Crippen molar-refractivity contribution in [2.45, 2.75) is 25.4 Å². The summed E-state index contributed by atoms with van der Waals surface area (Å²) in [7, 11) is 0. The number of likely N-dealkylation sites (tertiary alicyclic amines) is 1. The van der Waals surface area contributed by atoms with Crippen molar-refractivity contribution in [2.75, 3.05) is 19.7 Å². The molecule has 0 bridgehead atoms. The standard InChI is InChI=1S/C15H18N2O5/c18-13-4-3-10(8-12(13)17(20)21)15(19)16-6-5-14-11(9-16)2-1-7-22-14/h3-4,8,11,14,18H,1-2,5-7,9H2/t11-,14-/m0/s1. The summed E-state index contributed by atoms with van der Waals surface area (Å²) in [6, 6.07) is 3.76. The Bertz CT molecular complexity index is 604. The van der Waals surface area contributed by atoms with Gasteiger partial charge in [-0.15, -0.1) is 0 Å². The third-order valence-corrected chi connectivity index (χ3v) is 4.42. The molecule has 2 aliphatic rings. The number of hydrogen-bond acceptors (Lipinski definition) is 5. The van der Waals surface area contributed by atoms with Gasteiger partial charge in [0.05, 0.1) is 11.0 Å². The maximum atomic E-state index is 12.5. The lowest BCUT2D eigenvalue weighted by Gasteiger charge is -2.41. The number of phenolic OH excluding ortho intramolecular Hbond substituents is 1. The molecule has 7 nitrogen and oxygen atoms in total. The van der Waals surface area contributed by atoms with Gasteiger partial charge >= 0.3 is 5.69 Å². The van der Waals surface area contributed by atoms with Crippen molar-refractivity contribution in [1.29, 1.82) is 0 Å². The van der Waals surface area contributed by atoms with Crippen molar-refractivity contribution < 1.29 is 19.6 Å². The highest BCUT2D eigenvalue weighted by atomic mass is 16.6. The Hall–Kier alpha value is -2.15. The number of ether oxygens (including phenoxy) is 1. The summed E-state index contributed by atoms with van der Waals surface area (Å²) in [6.45, 7) is 2.01. The molecule has 1 aromatic rings. The first kappa shape index (κ1) is 14.8. The number of carbonyl (C=O) groups is 1. The van der Waals surface area contributed by atoms with Crippen LogP contribution in [-0.4, -0.2) is 46.6 Å². The second kappa shape index (κ2) is 5.92. The normalized spacial score (nSPS) is 24.6. The molecular formula is C15H18N2O5. The van der Waals surface area contributed by atoms with Gasteiger partial charge in [-0.3, -0.25) is 14.9 Å². The van der Waals surface area contributed by atoms with Crippen molar-refractivity contribution in [3.63, 3.8) is 0 Å². The maximum Gasteiger partial charge on any atom is 0.311 e. The molecule has 2 aliphatic heterocycles. The summed E-state index contributed by atoms with van der Waals surface area (Å²) >= 11 is 0. The van der Waals surface area contributed by atoms with Crippen LogP contribution in [0.25, 0.3) is 0 Å². The summed E-state index contributed by atoms with van der Waals surface area (Å²) in [4.78, 5) is 24.4. The van der Waals surface area contributed by atoms with E-state index in [1.165, 1.54) is 12.1 Å². The van der Waals surface area contributed by atoms with E-state index in [0.717, 1.165) is 31.9 Å². The molecule has 2 saturated heterocycles. The van der Waals surface area contributed by atoms with Crippen molar-refractivity contribution >= 4 is 11.6 Å². The van der Waals surface area contributed by atoms with Crippen LogP contribution in [0.15, 0.2) is 18.2 Å². The van der Waals surface area contributed by atoms with E-state index in [4.69, 9.17) is 4.74 Å². The smallest absolute Gasteiger partial charge is 0.311 e. The highest BCUT2D eigenvalue weighted by molar-refractivity contribution is 5.95. The molecule has 7 heteroatoms. The van der Waals surface area contributed by atoms with Gasteiger partial charge in [0.1, 0.15) is 0 Å². The topological polar surface area (TPSA) is 92.9 Å². The molecule has 0 unspecified atom stereocenters. The lowest BCUT2D eigenvalue weighted by atomic mass is 9.88. The molecule has 118 valence electrons. The number of rotatable bonds is 2. The number of amides is 1. The summed E-state index contributed by atoms with van der Waals surface area (Å²) in [5, 5.41) is 20.3. The Labute approximate surface area is 127 Å². The van der Waals surface area contributed by atoms with Crippen LogP contribution in [0, 0.1) is 16.0 Å². The van der Waals surface area contributed by atoms with Crippen molar-refractivity contribution in [3.05, 3.63) is 33.9 Å². The minimum atomic E-state index is -0.687. The Morgan fingerprint density at radius 1 is 1.41 bits per heavy atom. The molecular weight excluding hydrogens is 288 g/mol. The minimum absolute atomic E-state index is 0.229. The number of benzene rings is 1. The molecule has 0 saturated carbocycles. The van der Waals surface area contributed by atoms with Gasteiger partial charge in [0.15, 0.2) is 5.75 Å². The Morgan fingerprint density at radius 3 is 3.00 bits per heavy atom. The van der Waals surface area contributed by atoms with Crippen LogP contribution in [0.5, 0.6) is 5.75 Å². The van der Waals surface area contributed by atoms with Crippen LogP contribution in [0.3, 0.4) is 0 Å². The monoisotopic (exact) mass is 306 g/mol. The van der Waals surface area contributed by atoms with E-state index in [1.54, 1.807) is 4.90 Å². The van der Waals surface area contributed by atoms with E-state index in [9.17, 15) is 20.0 Å². The molecule has 22 heavy (non-hydrogen) atoms. The average molecular weight is 306 g/mol. The van der Waals surface area contributed by atoms with Crippen LogP contribution < -0.4 is 0 Å². The molecule has 0 radical (unpaired) electrons. The summed E-state index contributed by atoms with van der Waals surface area (Å²) in [5.41, 5.74) is -0.207.